The topological polar surface area (TPSA) is 21.3 Å². The summed E-state index contributed by atoms with van der Waals surface area (Å²) in [6.45, 7) is 11.8. The van der Waals surface area contributed by atoms with Crippen LogP contribution >= 0.6 is 12.4 Å². The fourth-order valence-electron chi connectivity index (χ4n) is 2.02. The molecule has 0 aromatic heterocycles. The maximum Gasteiger partial charge on any atom is 0.117 e. The number of hydrogen-bond acceptors (Lipinski definition) is 2. The molecule has 0 aliphatic carbocycles. The summed E-state index contributed by atoms with van der Waals surface area (Å²) in [5, 5.41) is 3.52. The molecule has 1 fully saturated rings. The maximum absolute atomic E-state index is 5.76. The first-order valence-electron chi connectivity index (χ1n) is 4.76. The number of halogens is 1. The van der Waals surface area contributed by atoms with Gasteiger partial charge in [-0.1, -0.05) is 13.8 Å². The number of nitrogens with one attached hydrogen (secondary N) is 1. The third kappa shape index (κ3) is 3.84. The van der Waals surface area contributed by atoms with Crippen molar-refractivity contribution in [3.63, 3.8) is 0 Å². The number of ether oxygens (including phenoxy) is 1. The second-order valence-corrected chi connectivity index (χ2v) is 5.13. The van der Waals surface area contributed by atoms with Crippen molar-refractivity contribution in [1.29, 1.82) is 0 Å². The van der Waals surface area contributed by atoms with Gasteiger partial charge in [0.1, 0.15) is 5.72 Å². The van der Waals surface area contributed by atoms with Gasteiger partial charge in [-0.25, -0.2) is 0 Å². The van der Waals surface area contributed by atoms with Crippen LogP contribution in [-0.4, -0.2) is 17.9 Å². The highest BCUT2D eigenvalue weighted by molar-refractivity contribution is 5.85. The molecule has 1 saturated heterocycles. The molecule has 0 bridgehead atoms. The van der Waals surface area contributed by atoms with E-state index in [0.717, 1.165) is 13.0 Å². The van der Waals surface area contributed by atoms with E-state index in [-0.39, 0.29) is 23.7 Å². The lowest BCUT2D eigenvalue weighted by Gasteiger charge is -2.28. The third-order valence-corrected chi connectivity index (χ3v) is 2.15. The van der Waals surface area contributed by atoms with Crippen LogP contribution in [0.5, 0.6) is 0 Å². The second kappa shape index (κ2) is 4.16. The largest absolute Gasteiger partial charge is 0.359 e. The van der Waals surface area contributed by atoms with E-state index in [0.29, 0.717) is 5.92 Å². The summed E-state index contributed by atoms with van der Waals surface area (Å²) < 4.78 is 5.76. The Kier molecular flexibility index (Phi) is 4.23. The lowest BCUT2D eigenvalue weighted by molar-refractivity contribution is -0.0101. The Morgan fingerprint density at radius 3 is 2.15 bits per heavy atom. The van der Waals surface area contributed by atoms with Gasteiger partial charge in [-0.2, -0.15) is 0 Å². The van der Waals surface area contributed by atoms with Crippen LogP contribution in [0.15, 0.2) is 0 Å². The average molecular weight is 208 g/mol. The van der Waals surface area contributed by atoms with Crippen LogP contribution in [0.2, 0.25) is 0 Å². The second-order valence-electron chi connectivity index (χ2n) is 5.13. The summed E-state index contributed by atoms with van der Waals surface area (Å²) in [5.41, 5.74) is 0.0430. The molecule has 1 unspecified atom stereocenters. The fourth-order valence-corrected chi connectivity index (χ4v) is 2.02. The minimum Gasteiger partial charge on any atom is -0.359 e. The summed E-state index contributed by atoms with van der Waals surface area (Å²) in [7, 11) is 0. The van der Waals surface area contributed by atoms with Crippen LogP contribution in [0.3, 0.4) is 0 Å². The summed E-state index contributed by atoms with van der Waals surface area (Å²) >= 11 is 0. The van der Waals surface area contributed by atoms with Gasteiger partial charge in [-0.05, 0) is 33.1 Å². The standard InChI is InChI=1S/C10H21NO.ClH/c1-8(2)6-10(5)11-9(3,4)7-12-10;/h8,11H,6-7H2,1-5H3;1H. The first kappa shape index (κ1) is 13.2. The van der Waals surface area contributed by atoms with Gasteiger partial charge in [0.25, 0.3) is 0 Å². The molecule has 1 rings (SSSR count). The summed E-state index contributed by atoms with van der Waals surface area (Å²) in [4.78, 5) is 0. The Morgan fingerprint density at radius 1 is 1.31 bits per heavy atom. The minimum atomic E-state index is -0.0995. The van der Waals surface area contributed by atoms with Gasteiger partial charge < -0.3 is 4.74 Å². The SMILES string of the molecule is CC(C)CC1(C)NC(C)(C)CO1.Cl. The highest BCUT2D eigenvalue weighted by Gasteiger charge is 2.39. The molecule has 0 saturated carbocycles. The van der Waals surface area contributed by atoms with Crippen LogP contribution in [0.1, 0.15) is 41.0 Å². The molecule has 1 N–H and O–H groups in total. The van der Waals surface area contributed by atoms with Gasteiger partial charge in [0.05, 0.1) is 6.61 Å². The van der Waals surface area contributed by atoms with Gasteiger partial charge in [0.15, 0.2) is 0 Å². The molecule has 0 radical (unpaired) electrons. The molecule has 1 aliphatic rings. The quantitative estimate of drug-likeness (QED) is 0.752. The summed E-state index contributed by atoms with van der Waals surface area (Å²) in [6.07, 6.45) is 1.08. The van der Waals surface area contributed by atoms with E-state index in [1.54, 1.807) is 0 Å². The first-order chi connectivity index (χ1) is 5.33. The zero-order chi connectivity index (χ0) is 9.41. The Morgan fingerprint density at radius 2 is 1.85 bits per heavy atom. The van der Waals surface area contributed by atoms with Crippen molar-refractivity contribution in [3.05, 3.63) is 0 Å². The Labute approximate surface area is 87.8 Å². The fraction of sp³-hybridized carbons (Fsp3) is 1.00. The van der Waals surface area contributed by atoms with Crippen LogP contribution in [-0.2, 0) is 4.74 Å². The Bertz CT molecular complexity index is 170. The van der Waals surface area contributed by atoms with Crippen molar-refractivity contribution in [2.24, 2.45) is 5.92 Å². The summed E-state index contributed by atoms with van der Waals surface area (Å²) in [6, 6.07) is 0. The lowest BCUT2D eigenvalue weighted by Crippen LogP contribution is -2.47. The van der Waals surface area contributed by atoms with Gasteiger partial charge in [-0.15, -0.1) is 12.4 Å². The van der Waals surface area contributed by atoms with E-state index in [2.05, 4.69) is 39.9 Å². The summed E-state index contributed by atoms with van der Waals surface area (Å²) in [5.74, 6) is 0.677. The molecule has 1 atom stereocenters. The molecule has 1 heterocycles. The molecule has 3 heteroatoms. The monoisotopic (exact) mass is 207 g/mol. The van der Waals surface area contributed by atoms with Gasteiger partial charge in [0, 0.05) is 5.54 Å². The molecular weight excluding hydrogens is 186 g/mol. The predicted octanol–water partition coefficient (Wildman–Crippen LogP) is 2.57. The molecule has 2 nitrogen and oxygen atoms in total. The highest BCUT2D eigenvalue weighted by atomic mass is 35.5. The molecule has 0 aromatic carbocycles. The molecule has 0 spiro atoms. The van der Waals surface area contributed by atoms with Gasteiger partial charge >= 0.3 is 0 Å². The number of hydrogen-bond donors (Lipinski definition) is 1. The average Bonchev–Trinajstić information content (AvgIpc) is 2.03. The van der Waals surface area contributed by atoms with E-state index in [1.807, 2.05) is 0 Å². The smallest absolute Gasteiger partial charge is 0.117 e. The Balaban J connectivity index is 0.00000144. The van der Waals surface area contributed by atoms with E-state index in [1.165, 1.54) is 0 Å². The highest BCUT2D eigenvalue weighted by Crippen LogP contribution is 2.28. The van der Waals surface area contributed by atoms with E-state index in [4.69, 9.17) is 4.74 Å². The van der Waals surface area contributed by atoms with Crippen molar-refractivity contribution in [3.8, 4) is 0 Å². The van der Waals surface area contributed by atoms with Crippen LogP contribution in [0.4, 0.5) is 0 Å². The zero-order valence-corrected chi connectivity index (χ0v) is 10.1. The molecule has 1 aliphatic heterocycles. The minimum absolute atomic E-state index is 0. The van der Waals surface area contributed by atoms with Crippen molar-refractivity contribution < 1.29 is 4.74 Å². The normalized spacial score (nSPS) is 31.8. The Hall–Kier alpha value is 0.210. The third-order valence-electron chi connectivity index (χ3n) is 2.15. The van der Waals surface area contributed by atoms with Crippen LogP contribution in [0.25, 0.3) is 0 Å². The van der Waals surface area contributed by atoms with Crippen molar-refractivity contribution >= 4 is 12.4 Å². The molecular formula is C10H22ClNO. The van der Waals surface area contributed by atoms with E-state index < -0.39 is 0 Å². The zero-order valence-electron chi connectivity index (χ0n) is 9.31. The van der Waals surface area contributed by atoms with Gasteiger partial charge in [0.2, 0.25) is 0 Å². The maximum atomic E-state index is 5.76. The number of rotatable bonds is 2. The molecule has 0 aromatic rings. The molecule has 13 heavy (non-hydrogen) atoms. The van der Waals surface area contributed by atoms with Crippen LogP contribution < -0.4 is 5.32 Å². The van der Waals surface area contributed by atoms with E-state index >= 15 is 0 Å². The van der Waals surface area contributed by atoms with Crippen LogP contribution in [0, 0.1) is 5.92 Å². The van der Waals surface area contributed by atoms with Crippen molar-refractivity contribution in [2.75, 3.05) is 6.61 Å². The predicted molar refractivity (Wildman–Crippen MR) is 58.3 cm³/mol. The van der Waals surface area contributed by atoms with Gasteiger partial charge in [-0.3, -0.25) is 5.32 Å². The lowest BCUT2D eigenvalue weighted by atomic mass is 10.0. The van der Waals surface area contributed by atoms with Crippen molar-refractivity contribution in [1.82, 2.24) is 5.32 Å². The first-order valence-corrected chi connectivity index (χ1v) is 4.76. The van der Waals surface area contributed by atoms with E-state index in [9.17, 15) is 0 Å². The molecule has 0 amide bonds. The molecule has 80 valence electrons. The van der Waals surface area contributed by atoms with Crippen molar-refractivity contribution in [2.45, 2.75) is 52.3 Å².